The van der Waals surface area contributed by atoms with Crippen molar-refractivity contribution in [3.05, 3.63) is 0 Å². The van der Waals surface area contributed by atoms with Crippen LogP contribution < -0.4 is 0 Å². The summed E-state index contributed by atoms with van der Waals surface area (Å²) < 4.78 is 5.41. The Bertz CT molecular complexity index is 197. The van der Waals surface area contributed by atoms with E-state index >= 15 is 0 Å². The number of thiol groups is 1. The third-order valence-corrected chi connectivity index (χ3v) is 2.56. The number of hydrogen-bond donors (Lipinski definition) is 1. The smallest absolute Gasteiger partial charge is 0.223 e. The first kappa shape index (κ1) is 11.9. The summed E-state index contributed by atoms with van der Waals surface area (Å²) in [5.74, 6) is 0.231. The second-order valence-corrected chi connectivity index (χ2v) is 4.70. The number of hydrogen-bond acceptors (Lipinski definition) is 3. The van der Waals surface area contributed by atoms with Gasteiger partial charge >= 0.3 is 0 Å². The Balaban J connectivity index is 2.10. The molecule has 0 radical (unpaired) electrons. The number of ether oxygens (including phenoxy) is 1. The molecule has 0 aromatic carbocycles. The van der Waals surface area contributed by atoms with E-state index in [0.29, 0.717) is 6.42 Å². The number of nitrogens with zero attached hydrogens (tertiary/aromatic N) is 1. The molecule has 0 spiro atoms. The lowest BCUT2D eigenvalue weighted by Gasteiger charge is -2.16. The molecule has 0 aliphatic carbocycles. The summed E-state index contributed by atoms with van der Waals surface area (Å²) in [6, 6.07) is 0. The van der Waals surface area contributed by atoms with Crippen LogP contribution >= 0.6 is 12.6 Å². The van der Waals surface area contributed by atoms with Gasteiger partial charge in [-0.1, -0.05) is 0 Å². The highest BCUT2D eigenvalue weighted by atomic mass is 32.1. The van der Waals surface area contributed by atoms with Gasteiger partial charge in [0.25, 0.3) is 0 Å². The Hall–Kier alpha value is -0.220. The van der Waals surface area contributed by atoms with Crippen LogP contribution in [0.4, 0.5) is 0 Å². The zero-order chi connectivity index (χ0) is 10.6. The Labute approximate surface area is 91.2 Å². The number of amides is 1. The SMILES string of the molecule is CC(C)OCCCN1CC(S)CC1=O. The average Bonchev–Trinajstić information content (AvgIpc) is 2.39. The van der Waals surface area contributed by atoms with Gasteiger partial charge in [-0.05, 0) is 20.3 Å². The molecule has 1 fully saturated rings. The van der Waals surface area contributed by atoms with Crippen LogP contribution in [0.15, 0.2) is 0 Å². The third kappa shape index (κ3) is 3.88. The van der Waals surface area contributed by atoms with Crippen LogP contribution in [0, 0.1) is 0 Å². The predicted octanol–water partition coefficient (Wildman–Crippen LogP) is 1.33. The van der Waals surface area contributed by atoms with E-state index in [0.717, 1.165) is 26.1 Å². The van der Waals surface area contributed by atoms with Crippen LogP contribution in [0.25, 0.3) is 0 Å². The van der Waals surface area contributed by atoms with Crippen molar-refractivity contribution in [2.45, 2.75) is 38.0 Å². The van der Waals surface area contributed by atoms with E-state index in [2.05, 4.69) is 12.6 Å². The molecule has 1 atom stereocenters. The van der Waals surface area contributed by atoms with Crippen molar-refractivity contribution in [1.82, 2.24) is 4.90 Å². The number of likely N-dealkylation sites (tertiary alicyclic amines) is 1. The van der Waals surface area contributed by atoms with Crippen molar-refractivity contribution in [2.75, 3.05) is 19.7 Å². The first-order chi connectivity index (χ1) is 6.59. The minimum Gasteiger partial charge on any atom is -0.379 e. The van der Waals surface area contributed by atoms with E-state index in [-0.39, 0.29) is 17.3 Å². The van der Waals surface area contributed by atoms with E-state index in [1.54, 1.807) is 0 Å². The summed E-state index contributed by atoms with van der Waals surface area (Å²) >= 11 is 4.29. The van der Waals surface area contributed by atoms with E-state index in [4.69, 9.17) is 4.74 Å². The van der Waals surface area contributed by atoms with Gasteiger partial charge in [-0.15, -0.1) is 0 Å². The van der Waals surface area contributed by atoms with Crippen molar-refractivity contribution >= 4 is 18.5 Å². The molecule has 1 unspecified atom stereocenters. The molecule has 1 saturated heterocycles. The Morgan fingerprint density at radius 3 is 2.86 bits per heavy atom. The summed E-state index contributed by atoms with van der Waals surface area (Å²) in [6.45, 7) is 6.38. The first-order valence-electron chi connectivity index (χ1n) is 5.17. The van der Waals surface area contributed by atoms with Gasteiger partial charge in [0.2, 0.25) is 5.91 Å². The quantitative estimate of drug-likeness (QED) is 0.556. The summed E-state index contributed by atoms with van der Waals surface area (Å²) in [6.07, 6.45) is 1.79. The van der Waals surface area contributed by atoms with E-state index in [1.807, 2.05) is 18.7 Å². The number of carbonyl (C=O) groups excluding carboxylic acids is 1. The van der Waals surface area contributed by atoms with Crippen LogP contribution in [0.2, 0.25) is 0 Å². The lowest BCUT2D eigenvalue weighted by molar-refractivity contribution is -0.127. The van der Waals surface area contributed by atoms with Gasteiger partial charge in [0.15, 0.2) is 0 Å². The highest BCUT2D eigenvalue weighted by Crippen LogP contribution is 2.15. The molecule has 1 amide bonds. The minimum absolute atomic E-state index is 0.230. The number of carbonyl (C=O) groups is 1. The first-order valence-corrected chi connectivity index (χ1v) is 5.68. The summed E-state index contributed by atoms with van der Waals surface area (Å²) in [7, 11) is 0. The van der Waals surface area contributed by atoms with Gasteiger partial charge in [0, 0.05) is 31.4 Å². The zero-order valence-corrected chi connectivity index (χ0v) is 9.80. The second kappa shape index (κ2) is 5.61. The molecule has 3 nitrogen and oxygen atoms in total. The highest BCUT2D eigenvalue weighted by molar-refractivity contribution is 7.81. The topological polar surface area (TPSA) is 29.5 Å². The lowest BCUT2D eigenvalue weighted by atomic mass is 10.4. The normalized spacial score (nSPS) is 22.4. The van der Waals surface area contributed by atoms with Crippen molar-refractivity contribution in [3.63, 3.8) is 0 Å². The van der Waals surface area contributed by atoms with Gasteiger partial charge in [0.1, 0.15) is 0 Å². The van der Waals surface area contributed by atoms with Gasteiger partial charge in [0.05, 0.1) is 6.10 Å². The molecular formula is C10H19NO2S. The van der Waals surface area contributed by atoms with Crippen LogP contribution in [-0.2, 0) is 9.53 Å². The monoisotopic (exact) mass is 217 g/mol. The zero-order valence-electron chi connectivity index (χ0n) is 8.90. The predicted molar refractivity (Wildman–Crippen MR) is 59.7 cm³/mol. The van der Waals surface area contributed by atoms with E-state index < -0.39 is 0 Å². The molecule has 0 N–H and O–H groups in total. The second-order valence-electron chi connectivity index (χ2n) is 3.97. The summed E-state index contributed by atoms with van der Waals surface area (Å²) in [4.78, 5) is 13.2. The van der Waals surface area contributed by atoms with Gasteiger partial charge < -0.3 is 9.64 Å². The molecule has 82 valence electrons. The van der Waals surface area contributed by atoms with Crippen LogP contribution in [0.3, 0.4) is 0 Å². The molecular weight excluding hydrogens is 198 g/mol. The molecule has 0 saturated carbocycles. The molecule has 1 heterocycles. The fourth-order valence-corrected chi connectivity index (χ4v) is 1.90. The van der Waals surface area contributed by atoms with Crippen LogP contribution in [0.5, 0.6) is 0 Å². The number of rotatable bonds is 5. The molecule has 0 bridgehead atoms. The van der Waals surface area contributed by atoms with Crippen molar-refractivity contribution < 1.29 is 9.53 Å². The molecule has 4 heteroatoms. The maximum Gasteiger partial charge on any atom is 0.223 e. The molecule has 0 aromatic heterocycles. The van der Waals surface area contributed by atoms with Crippen molar-refractivity contribution in [2.24, 2.45) is 0 Å². The van der Waals surface area contributed by atoms with Gasteiger partial charge in [-0.25, -0.2) is 0 Å². The molecule has 1 rings (SSSR count). The maximum atomic E-state index is 11.3. The van der Waals surface area contributed by atoms with Crippen molar-refractivity contribution in [1.29, 1.82) is 0 Å². The fraction of sp³-hybridized carbons (Fsp3) is 0.900. The van der Waals surface area contributed by atoms with E-state index in [1.165, 1.54) is 0 Å². The average molecular weight is 217 g/mol. The Morgan fingerprint density at radius 1 is 1.64 bits per heavy atom. The molecule has 1 aliphatic rings. The van der Waals surface area contributed by atoms with Gasteiger partial charge in [-0.3, -0.25) is 4.79 Å². The van der Waals surface area contributed by atoms with Crippen molar-refractivity contribution in [3.8, 4) is 0 Å². The Morgan fingerprint density at radius 2 is 2.36 bits per heavy atom. The van der Waals surface area contributed by atoms with E-state index in [9.17, 15) is 4.79 Å². The molecule has 14 heavy (non-hydrogen) atoms. The highest BCUT2D eigenvalue weighted by Gasteiger charge is 2.26. The minimum atomic E-state index is 0.230. The lowest BCUT2D eigenvalue weighted by Crippen LogP contribution is -2.27. The fourth-order valence-electron chi connectivity index (χ4n) is 1.54. The summed E-state index contributed by atoms with van der Waals surface area (Å²) in [5.41, 5.74) is 0. The summed E-state index contributed by atoms with van der Waals surface area (Å²) in [5, 5.41) is 0.230. The van der Waals surface area contributed by atoms with Crippen LogP contribution in [-0.4, -0.2) is 41.9 Å². The third-order valence-electron chi connectivity index (χ3n) is 2.22. The largest absolute Gasteiger partial charge is 0.379 e. The van der Waals surface area contributed by atoms with Crippen LogP contribution in [0.1, 0.15) is 26.7 Å². The Kier molecular flexibility index (Phi) is 4.75. The molecule has 1 aliphatic heterocycles. The maximum absolute atomic E-state index is 11.3. The van der Waals surface area contributed by atoms with Gasteiger partial charge in [-0.2, -0.15) is 12.6 Å². The molecule has 0 aromatic rings. The standard InChI is InChI=1S/C10H19NO2S/c1-8(2)13-5-3-4-11-7-9(14)6-10(11)12/h8-9,14H,3-7H2,1-2H3.